The SMILES string of the molecule is c1cncc(-c2ccc(-c3nc(-c4cc(-c5cccc6cc7ccccc7cc56)cc(-c5cccc6cc7ccccc7cc56)c4)nc(-c4ccc5c(c4)oc4ccccc45)n3)cc2)c1. The zero-order chi connectivity index (χ0) is 42.8. The summed E-state index contributed by atoms with van der Waals surface area (Å²) in [5.41, 5.74) is 10.8. The third kappa shape index (κ3) is 6.49. The molecule has 0 bridgehead atoms. The maximum atomic E-state index is 6.38. The lowest BCUT2D eigenvalue weighted by Gasteiger charge is -2.15. The molecule has 0 saturated carbocycles. The summed E-state index contributed by atoms with van der Waals surface area (Å²) < 4.78 is 6.38. The molecular weight excluding hydrogens is 793 g/mol. The monoisotopic (exact) mass is 828 g/mol. The summed E-state index contributed by atoms with van der Waals surface area (Å²) in [5.74, 6) is 1.71. The van der Waals surface area contributed by atoms with Gasteiger partial charge in [0.25, 0.3) is 0 Å². The minimum Gasteiger partial charge on any atom is -0.456 e. The molecule has 0 unspecified atom stereocenters. The summed E-state index contributed by atoms with van der Waals surface area (Å²) in [6.45, 7) is 0. The summed E-state index contributed by atoms with van der Waals surface area (Å²) in [7, 11) is 0. The molecule has 3 heterocycles. The Bertz CT molecular complexity index is 3870. The van der Waals surface area contributed by atoms with Crippen molar-refractivity contribution < 1.29 is 4.42 Å². The average molecular weight is 829 g/mol. The number of rotatable bonds is 6. The van der Waals surface area contributed by atoms with Gasteiger partial charge in [-0.3, -0.25) is 4.98 Å². The third-order valence-corrected chi connectivity index (χ3v) is 12.7. The van der Waals surface area contributed by atoms with Crippen LogP contribution in [0.5, 0.6) is 0 Å². The predicted octanol–water partition coefficient (Wildman–Crippen LogP) is 15.8. The number of fused-ring (bicyclic) bond motifs is 7. The molecule has 0 atom stereocenters. The van der Waals surface area contributed by atoms with Crippen molar-refractivity contribution in [3.63, 3.8) is 0 Å². The predicted molar refractivity (Wildman–Crippen MR) is 268 cm³/mol. The van der Waals surface area contributed by atoms with Crippen LogP contribution in [0.1, 0.15) is 0 Å². The van der Waals surface area contributed by atoms with Crippen molar-refractivity contribution >= 4 is 65.0 Å². The van der Waals surface area contributed by atoms with Gasteiger partial charge in [-0.05, 0) is 143 Å². The first-order chi connectivity index (χ1) is 32.1. The van der Waals surface area contributed by atoms with E-state index in [2.05, 4.69) is 181 Å². The Balaban J connectivity index is 1.05. The molecule has 302 valence electrons. The Labute approximate surface area is 374 Å². The highest BCUT2D eigenvalue weighted by Crippen LogP contribution is 2.40. The normalized spacial score (nSPS) is 11.7. The largest absolute Gasteiger partial charge is 0.456 e. The molecule has 0 saturated heterocycles. The summed E-state index contributed by atoms with van der Waals surface area (Å²) in [5, 5.41) is 11.7. The molecule has 0 aliphatic carbocycles. The van der Waals surface area contributed by atoms with Crippen LogP contribution in [0.2, 0.25) is 0 Å². The molecule has 0 fully saturated rings. The summed E-state index contributed by atoms with van der Waals surface area (Å²) >= 11 is 0. The first kappa shape index (κ1) is 36.8. The third-order valence-electron chi connectivity index (χ3n) is 12.7. The number of hydrogen-bond donors (Lipinski definition) is 0. The van der Waals surface area contributed by atoms with Gasteiger partial charge in [-0.15, -0.1) is 0 Å². The number of hydrogen-bond acceptors (Lipinski definition) is 5. The van der Waals surface area contributed by atoms with Crippen LogP contribution >= 0.6 is 0 Å². The van der Waals surface area contributed by atoms with Crippen molar-refractivity contribution in [1.29, 1.82) is 0 Å². The van der Waals surface area contributed by atoms with E-state index in [0.29, 0.717) is 17.5 Å². The second-order valence-corrected chi connectivity index (χ2v) is 16.7. The van der Waals surface area contributed by atoms with Crippen molar-refractivity contribution in [2.75, 3.05) is 0 Å². The molecule has 0 amide bonds. The van der Waals surface area contributed by atoms with Gasteiger partial charge in [-0.1, -0.05) is 140 Å². The lowest BCUT2D eigenvalue weighted by molar-refractivity contribution is 0.669. The van der Waals surface area contributed by atoms with Gasteiger partial charge in [0.1, 0.15) is 11.2 Å². The quantitative estimate of drug-likeness (QED) is 0.156. The summed E-state index contributed by atoms with van der Waals surface area (Å²) in [4.78, 5) is 20.2. The van der Waals surface area contributed by atoms with E-state index in [9.17, 15) is 0 Å². The minimum absolute atomic E-state index is 0.559. The van der Waals surface area contributed by atoms with E-state index in [1.165, 1.54) is 43.1 Å². The first-order valence-electron chi connectivity index (χ1n) is 21.8. The van der Waals surface area contributed by atoms with Crippen LogP contribution in [0.4, 0.5) is 0 Å². The fourth-order valence-electron chi connectivity index (χ4n) is 9.48. The van der Waals surface area contributed by atoms with Gasteiger partial charge < -0.3 is 4.42 Å². The van der Waals surface area contributed by atoms with Crippen LogP contribution in [0.25, 0.3) is 133 Å². The van der Waals surface area contributed by atoms with Crippen LogP contribution in [0.15, 0.2) is 223 Å². The van der Waals surface area contributed by atoms with Crippen molar-refractivity contribution in [1.82, 2.24) is 19.9 Å². The van der Waals surface area contributed by atoms with Gasteiger partial charge in [0, 0.05) is 39.9 Å². The van der Waals surface area contributed by atoms with Gasteiger partial charge in [0.05, 0.1) is 0 Å². The molecule has 3 aromatic heterocycles. The highest BCUT2D eigenvalue weighted by atomic mass is 16.3. The molecular formula is C60H36N4O. The molecule has 0 aliphatic rings. The van der Waals surface area contributed by atoms with E-state index in [0.717, 1.165) is 72.0 Å². The topological polar surface area (TPSA) is 64.7 Å². The molecule has 0 aliphatic heterocycles. The highest BCUT2D eigenvalue weighted by Gasteiger charge is 2.18. The van der Waals surface area contributed by atoms with Crippen molar-refractivity contribution in [2.45, 2.75) is 0 Å². The van der Waals surface area contributed by atoms with Crippen LogP contribution in [-0.4, -0.2) is 19.9 Å². The average Bonchev–Trinajstić information content (AvgIpc) is 3.75. The molecule has 13 rings (SSSR count). The van der Waals surface area contributed by atoms with E-state index in [1.807, 2.05) is 36.5 Å². The molecule has 0 radical (unpaired) electrons. The smallest absolute Gasteiger partial charge is 0.164 e. The fourth-order valence-corrected chi connectivity index (χ4v) is 9.48. The highest BCUT2D eigenvalue weighted by molar-refractivity contribution is 6.09. The maximum Gasteiger partial charge on any atom is 0.164 e. The van der Waals surface area contributed by atoms with Crippen LogP contribution < -0.4 is 0 Å². The van der Waals surface area contributed by atoms with E-state index >= 15 is 0 Å². The first-order valence-corrected chi connectivity index (χ1v) is 21.8. The van der Waals surface area contributed by atoms with Gasteiger partial charge in [0.15, 0.2) is 17.5 Å². The minimum atomic E-state index is 0.559. The Morgan fingerprint density at radius 1 is 0.277 bits per heavy atom. The zero-order valence-electron chi connectivity index (χ0n) is 35.0. The van der Waals surface area contributed by atoms with Crippen molar-refractivity contribution in [3.05, 3.63) is 219 Å². The standard InChI is InChI=1S/C60H36N4O/c1-3-12-41-33-54-43(28-39(41)10-1)14-7-18-50(54)47-30-48(51-19-8-15-44-29-40-11-2-4-13-42(40)34-55(44)51)32-49(31-47)60-63-58(38-23-21-37(22-24-38)46-16-9-27-61-36-46)62-59(64-60)45-25-26-53-52-17-5-6-20-56(52)65-57(53)35-45/h1-36H. The number of pyridine rings is 1. The van der Waals surface area contributed by atoms with Crippen molar-refractivity contribution in [2.24, 2.45) is 0 Å². The Kier molecular flexibility index (Phi) is 8.46. The summed E-state index contributed by atoms with van der Waals surface area (Å²) in [6, 6.07) is 73.1. The van der Waals surface area contributed by atoms with Crippen LogP contribution in [-0.2, 0) is 0 Å². The lowest BCUT2D eigenvalue weighted by atomic mass is 9.90. The number of benzene rings is 10. The Morgan fingerprint density at radius 3 is 1.42 bits per heavy atom. The van der Waals surface area contributed by atoms with Gasteiger partial charge in [-0.2, -0.15) is 0 Å². The Morgan fingerprint density at radius 2 is 0.785 bits per heavy atom. The molecule has 0 spiro atoms. The van der Waals surface area contributed by atoms with Gasteiger partial charge in [0.2, 0.25) is 0 Å². The van der Waals surface area contributed by atoms with Gasteiger partial charge >= 0.3 is 0 Å². The summed E-state index contributed by atoms with van der Waals surface area (Å²) in [6.07, 6.45) is 3.67. The zero-order valence-corrected chi connectivity index (χ0v) is 35.0. The molecule has 0 N–H and O–H groups in total. The fraction of sp³-hybridized carbons (Fsp3) is 0. The second-order valence-electron chi connectivity index (χ2n) is 16.7. The number of para-hydroxylation sites is 1. The molecule has 13 aromatic rings. The molecule has 10 aromatic carbocycles. The second kappa shape index (κ2) is 14.9. The van der Waals surface area contributed by atoms with E-state index in [4.69, 9.17) is 19.4 Å². The molecule has 5 heteroatoms. The van der Waals surface area contributed by atoms with E-state index < -0.39 is 0 Å². The number of aromatic nitrogens is 4. The Hall–Kier alpha value is -8.80. The van der Waals surface area contributed by atoms with Crippen molar-refractivity contribution in [3.8, 4) is 67.5 Å². The lowest BCUT2D eigenvalue weighted by Crippen LogP contribution is -2.01. The van der Waals surface area contributed by atoms with Crippen LogP contribution in [0, 0.1) is 0 Å². The molecule has 5 nitrogen and oxygen atoms in total. The number of furan rings is 1. The maximum absolute atomic E-state index is 6.38. The van der Waals surface area contributed by atoms with E-state index in [-0.39, 0.29) is 0 Å². The number of nitrogens with zero attached hydrogens (tertiary/aromatic N) is 4. The molecule has 65 heavy (non-hydrogen) atoms. The van der Waals surface area contributed by atoms with Gasteiger partial charge in [-0.25, -0.2) is 15.0 Å². The van der Waals surface area contributed by atoms with Crippen LogP contribution in [0.3, 0.4) is 0 Å². The van der Waals surface area contributed by atoms with E-state index in [1.54, 1.807) is 6.20 Å².